The largest absolute Gasteiger partial charge is 0.493 e. The zero-order valence-electron chi connectivity index (χ0n) is 8.93. The molecule has 3 nitrogen and oxygen atoms in total. The lowest BCUT2D eigenvalue weighted by Gasteiger charge is -2.05. The van der Waals surface area contributed by atoms with Crippen LogP contribution in [0.25, 0.3) is 0 Å². The first-order chi connectivity index (χ1) is 8.24. The Kier molecular flexibility index (Phi) is 4.70. The summed E-state index contributed by atoms with van der Waals surface area (Å²) in [6, 6.07) is 7.83. The number of nitrogens with zero attached hydrogens (tertiary/aromatic N) is 1. The van der Waals surface area contributed by atoms with E-state index < -0.39 is 0 Å². The van der Waals surface area contributed by atoms with Crippen LogP contribution in [0, 0.1) is 0 Å². The van der Waals surface area contributed by atoms with E-state index >= 15 is 0 Å². The van der Waals surface area contributed by atoms with Crippen molar-refractivity contribution in [1.29, 1.82) is 0 Å². The number of thiazole rings is 1. The molecule has 1 aromatic carbocycles. The number of nitrogen functional groups attached to an aromatic ring is 1. The summed E-state index contributed by atoms with van der Waals surface area (Å²) in [5.74, 6) is 1.76. The van der Waals surface area contributed by atoms with Crippen LogP contribution in [0.1, 0.15) is 0 Å². The predicted octanol–water partition coefficient (Wildman–Crippen LogP) is 3.66. The Balaban J connectivity index is 1.73. The summed E-state index contributed by atoms with van der Waals surface area (Å²) in [5.41, 5.74) is 5.55. The number of aromatic nitrogens is 1. The molecular weight excluding hydrogens is 320 g/mol. The van der Waals surface area contributed by atoms with Crippen molar-refractivity contribution in [2.75, 3.05) is 18.1 Å². The molecule has 0 fully saturated rings. The molecule has 0 unspecified atom stereocenters. The van der Waals surface area contributed by atoms with Crippen LogP contribution in [0.4, 0.5) is 5.13 Å². The predicted molar refractivity (Wildman–Crippen MR) is 76.9 cm³/mol. The maximum absolute atomic E-state index is 5.62. The fourth-order valence-corrected chi connectivity index (χ4v) is 3.23. The van der Waals surface area contributed by atoms with Gasteiger partial charge in [0.15, 0.2) is 5.13 Å². The smallest absolute Gasteiger partial charge is 0.181 e. The molecule has 0 saturated carbocycles. The lowest BCUT2D eigenvalue weighted by atomic mass is 10.3. The lowest BCUT2D eigenvalue weighted by Crippen LogP contribution is -1.99. The number of nitrogens with two attached hydrogens (primary N) is 1. The van der Waals surface area contributed by atoms with Gasteiger partial charge in [0.05, 0.1) is 17.0 Å². The van der Waals surface area contributed by atoms with Gasteiger partial charge in [-0.05, 0) is 18.2 Å². The number of benzene rings is 1. The van der Waals surface area contributed by atoms with Gasteiger partial charge in [-0.3, -0.25) is 0 Å². The highest BCUT2D eigenvalue weighted by molar-refractivity contribution is 9.10. The van der Waals surface area contributed by atoms with Gasteiger partial charge in [0, 0.05) is 10.2 Å². The molecule has 0 bridgehead atoms. The van der Waals surface area contributed by atoms with Gasteiger partial charge in [-0.2, -0.15) is 0 Å². The minimum absolute atomic E-state index is 0.611. The molecule has 2 rings (SSSR count). The molecule has 2 aromatic rings. The van der Waals surface area contributed by atoms with Gasteiger partial charge in [-0.25, -0.2) is 4.98 Å². The maximum Gasteiger partial charge on any atom is 0.181 e. The van der Waals surface area contributed by atoms with Crippen LogP contribution in [0.2, 0.25) is 0 Å². The molecule has 0 aliphatic rings. The minimum Gasteiger partial charge on any atom is -0.493 e. The normalized spacial score (nSPS) is 10.4. The molecule has 0 aliphatic heterocycles. The summed E-state index contributed by atoms with van der Waals surface area (Å²) in [4.78, 5) is 3.99. The van der Waals surface area contributed by atoms with E-state index in [0.29, 0.717) is 11.7 Å². The molecule has 0 spiro atoms. The fraction of sp³-hybridized carbons (Fsp3) is 0.182. The lowest BCUT2D eigenvalue weighted by molar-refractivity contribution is 0.344. The van der Waals surface area contributed by atoms with Crippen LogP contribution in [0.15, 0.2) is 39.1 Å². The van der Waals surface area contributed by atoms with E-state index in [0.717, 1.165) is 20.2 Å². The molecule has 6 heteroatoms. The van der Waals surface area contributed by atoms with Crippen LogP contribution in [0.3, 0.4) is 0 Å². The summed E-state index contributed by atoms with van der Waals surface area (Å²) >= 11 is 6.61. The summed E-state index contributed by atoms with van der Waals surface area (Å²) in [6.07, 6.45) is 1.80. The first kappa shape index (κ1) is 12.7. The average molecular weight is 331 g/mol. The number of rotatable bonds is 5. The second-order valence-corrected chi connectivity index (χ2v) is 6.54. The number of thioether (sulfide) groups is 1. The van der Waals surface area contributed by atoms with Crippen molar-refractivity contribution in [3.8, 4) is 5.75 Å². The van der Waals surface area contributed by atoms with E-state index in [9.17, 15) is 0 Å². The highest BCUT2D eigenvalue weighted by Crippen LogP contribution is 2.26. The number of hydrogen-bond donors (Lipinski definition) is 1. The number of ether oxygens (including phenoxy) is 1. The molecule has 2 N–H and O–H groups in total. The van der Waals surface area contributed by atoms with Crippen LogP contribution in [-0.4, -0.2) is 17.3 Å². The van der Waals surface area contributed by atoms with Crippen LogP contribution >= 0.6 is 39.0 Å². The highest BCUT2D eigenvalue weighted by atomic mass is 79.9. The second-order valence-electron chi connectivity index (χ2n) is 3.17. The van der Waals surface area contributed by atoms with Crippen LogP contribution < -0.4 is 10.5 Å². The molecule has 0 atom stereocenters. The Morgan fingerprint density at radius 3 is 3.06 bits per heavy atom. The fourth-order valence-electron chi connectivity index (χ4n) is 1.20. The number of hydrogen-bond acceptors (Lipinski definition) is 5. The molecule has 0 radical (unpaired) electrons. The maximum atomic E-state index is 5.62. The van der Waals surface area contributed by atoms with Gasteiger partial charge >= 0.3 is 0 Å². The molecule has 1 aromatic heterocycles. The molecule has 0 aliphatic carbocycles. The molecule has 0 amide bonds. The third-order valence-electron chi connectivity index (χ3n) is 1.89. The monoisotopic (exact) mass is 330 g/mol. The van der Waals surface area contributed by atoms with Gasteiger partial charge < -0.3 is 10.5 Å². The summed E-state index contributed by atoms with van der Waals surface area (Å²) < 4.78 is 7.77. The van der Waals surface area contributed by atoms with E-state index in [1.54, 1.807) is 18.0 Å². The van der Waals surface area contributed by atoms with Gasteiger partial charge in [-0.1, -0.05) is 33.3 Å². The van der Waals surface area contributed by atoms with Crippen molar-refractivity contribution in [2.24, 2.45) is 0 Å². The van der Waals surface area contributed by atoms with E-state index in [1.165, 1.54) is 11.3 Å². The second kappa shape index (κ2) is 6.28. The average Bonchev–Trinajstić information content (AvgIpc) is 2.71. The first-order valence-corrected chi connectivity index (χ1v) is 7.56. The SMILES string of the molecule is Nc1ncc(SCCOc2cccc(Br)c2)s1. The van der Waals surface area contributed by atoms with Crippen molar-refractivity contribution >= 4 is 44.2 Å². The Hall–Kier alpha value is -0.720. The Labute approximate surface area is 117 Å². The van der Waals surface area contributed by atoms with Crippen molar-refractivity contribution in [2.45, 2.75) is 4.21 Å². The molecule has 1 heterocycles. The van der Waals surface area contributed by atoms with E-state index in [1.807, 2.05) is 24.3 Å². The molecular formula is C11H11BrN2OS2. The summed E-state index contributed by atoms with van der Waals surface area (Å²) in [7, 11) is 0. The van der Waals surface area contributed by atoms with E-state index in [4.69, 9.17) is 10.5 Å². The van der Waals surface area contributed by atoms with Crippen molar-refractivity contribution in [1.82, 2.24) is 4.98 Å². The zero-order valence-corrected chi connectivity index (χ0v) is 12.1. The van der Waals surface area contributed by atoms with Crippen molar-refractivity contribution in [3.63, 3.8) is 0 Å². The van der Waals surface area contributed by atoms with E-state index in [2.05, 4.69) is 20.9 Å². The number of anilines is 1. The zero-order chi connectivity index (χ0) is 12.1. The molecule has 0 saturated heterocycles. The van der Waals surface area contributed by atoms with Crippen molar-refractivity contribution < 1.29 is 4.74 Å². The highest BCUT2D eigenvalue weighted by Gasteiger charge is 2.00. The first-order valence-electron chi connectivity index (χ1n) is 4.96. The van der Waals surface area contributed by atoms with Crippen LogP contribution in [-0.2, 0) is 0 Å². The quantitative estimate of drug-likeness (QED) is 0.671. The van der Waals surface area contributed by atoms with Gasteiger partial charge in [0.1, 0.15) is 5.75 Å². The van der Waals surface area contributed by atoms with Gasteiger partial charge in [-0.15, -0.1) is 11.8 Å². The Bertz CT molecular complexity index is 490. The van der Waals surface area contributed by atoms with Crippen molar-refractivity contribution in [3.05, 3.63) is 34.9 Å². The number of halogens is 1. The minimum atomic E-state index is 0.611. The van der Waals surface area contributed by atoms with Gasteiger partial charge in [0.2, 0.25) is 0 Å². The third-order valence-corrected chi connectivity index (χ3v) is 4.37. The third kappa shape index (κ3) is 4.22. The summed E-state index contributed by atoms with van der Waals surface area (Å²) in [5, 5.41) is 0.611. The Morgan fingerprint density at radius 1 is 1.47 bits per heavy atom. The summed E-state index contributed by atoms with van der Waals surface area (Å²) in [6.45, 7) is 0.666. The van der Waals surface area contributed by atoms with E-state index in [-0.39, 0.29) is 0 Å². The topological polar surface area (TPSA) is 48.1 Å². The Morgan fingerprint density at radius 2 is 2.35 bits per heavy atom. The molecule has 90 valence electrons. The van der Waals surface area contributed by atoms with Crippen LogP contribution in [0.5, 0.6) is 5.75 Å². The molecule has 17 heavy (non-hydrogen) atoms. The standard InChI is InChI=1S/C11H11BrN2OS2/c12-8-2-1-3-9(6-8)15-4-5-16-10-7-14-11(13)17-10/h1-3,6-7H,4-5H2,(H2,13,14). The van der Waals surface area contributed by atoms with Gasteiger partial charge in [0.25, 0.3) is 0 Å².